The second-order valence-electron chi connectivity index (χ2n) is 7.74. The molecule has 5 nitrogen and oxygen atoms in total. The molecule has 1 amide bonds. The van der Waals surface area contributed by atoms with Crippen LogP contribution >= 0.6 is 22.9 Å². The summed E-state index contributed by atoms with van der Waals surface area (Å²) in [7, 11) is 4.01. The first-order chi connectivity index (χ1) is 15.5. The highest BCUT2D eigenvalue weighted by atomic mass is 35.5. The van der Waals surface area contributed by atoms with Crippen molar-refractivity contribution >= 4 is 39.1 Å². The number of thiazole rings is 1. The highest BCUT2D eigenvalue weighted by molar-refractivity contribution is 7.21. The van der Waals surface area contributed by atoms with Gasteiger partial charge in [0.1, 0.15) is 10.8 Å². The Kier molecular flexibility index (Phi) is 7.05. The number of halogens is 1. The van der Waals surface area contributed by atoms with Crippen molar-refractivity contribution in [1.29, 1.82) is 0 Å². The molecule has 0 aliphatic rings. The fourth-order valence-electron chi connectivity index (χ4n) is 3.36. The van der Waals surface area contributed by atoms with Crippen LogP contribution in [0.25, 0.3) is 20.8 Å². The molecule has 4 rings (SSSR count). The Morgan fingerprint density at radius 1 is 1.09 bits per heavy atom. The van der Waals surface area contributed by atoms with Gasteiger partial charge in [0.15, 0.2) is 6.61 Å². The van der Waals surface area contributed by atoms with E-state index in [1.54, 1.807) is 17.4 Å². The number of nitrogens with zero attached hydrogens (tertiary/aromatic N) is 2. The Labute approximate surface area is 196 Å². The summed E-state index contributed by atoms with van der Waals surface area (Å²) in [6, 6.07) is 21.6. The first kappa shape index (κ1) is 22.3. The van der Waals surface area contributed by atoms with Gasteiger partial charge in [-0.15, -0.1) is 11.3 Å². The molecule has 1 N–H and O–H groups in total. The molecule has 0 aliphatic carbocycles. The molecule has 0 aliphatic heterocycles. The van der Waals surface area contributed by atoms with Gasteiger partial charge in [-0.05, 0) is 62.1 Å². The van der Waals surface area contributed by atoms with Crippen molar-refractivity contribution in [3.05, 3.63) is 82.9 Å². The number of nitrogens with one attached hydrogen (secondary N) is 1. The topological polar surface area (TPSA) is 54.5 Å². The average molecular weight is 466 g/mol. The van der Waals surface area contributed by atoms with Crippen LogP contribution in [-0.4, -0.2) is 36.5 Å². The van der Waals surface area contributed by atoms with Gasteiger partial charge in [0.2, 0.25) is 0 Å². The minimum Gasteiger partial charge on any atom is -0.483 e. The summed E-state index contributed by atoms with van der Waals surface area (Å²) >= 11 is 7.66. The predicted octanol–water partition coefficient (Wildman–Crippen LogP) is 5.37. The molecule has 1 aromatic heterocycles. The third-order valence-electron chi connectivity index (χ3n) is 4.83. The van der Waals surface area contributed by atoms with Crippen molar-refractivity contribution in [2.75, 3.05) is 20.7 Å². The number of carbonyl (C=O) groups is 1. The molecule has 3 aromatic carbocycles. The molecule has 7 heteroatoms. The minimum atomic E-state index is -0.184. The third kappa shape index (κ3) is 5.65. The number of para-hydroxylation sites is 1. The van der Waals surface area contributed by atoms with Crippen LogP contribution in [0.1, 0.15) is 11.1 Å². The van der Waals surface area contributed by atoms with E-state index in [0.29, 0.717) is 23.9 Å². The second kappa shape index (κ2) is 10.1. The lowest BCUT2D eigenvalue weighted by Gasteiger charge is -2.16. The van der Waals surface area contributed by atoms with Crippen LogP contribution in [0.2, 0.25) is 5.02 Å². The van der Waals surface area contributed by atoms with E-state index < -0.39 is 0 Å². The maximum absolute atomic E-state index is 12.3. The fourth-order valence-corrected chi connectivity index (χ4v) is 4.53. The van der Waals surface area contributed by atoms with Crippen LogP contribution in [0.5, 0.6) is 5.75 Å². The molecule has 0 bridgehead atoms. The molecule has 0 atom stereocenters. The van der Waals surface area contributed by atoms with Crippen molar-refractivity contribution in [1.82, 2.24) is 15.2 Å². The van der Waals surface area contributed by atoms with Gasteiger partial charge in [0.05, 0.1) is 10.2 Å². The molecule has 0 saturated carbocycles. The highest BCUT2D eigenvalue weighted by Crippen LogP contribution is 2.33. The number of hydrogen-bond acceptors (Lipinski definition) is 5. The quantitative estimate of drug-likeness (QED) is 0.380. The average Bonchev–Trinajstić information content (AvgIpc) is 3.21. The lowest BCUT2D eigenvalue weighted by Crippen LogP contribution is -2.28. The Hall–Kier alpha value is -2.93. The Morgan fingerprint density at radius 2 is 1.94 bits per heavy atom. The largest absolute Gasteiger partial charge is 0.483 e. The Bertz CT molecular complexity index is 1210. The third-order valence-corrected chi connectivity index (χ3v) is 6.15. The van der Waals surface area contributed by atoms with Crippen molar-refractivity contribution in [3.63, 3.8) is 0 Å². The monoisotopic (exact) mass is 465 g/mol. The van der Waals surface area contributed by atoms with Crippen LogP contribution in [0.4, 0.5) is 0 Å². The number of rotatable bonds is 8. The molecule has 0 radical (unpaired) electrons. The van der Waals surface area contributed by atoms with Gasteiger partial charge in [0.25, 0.3) is 5.91 Å². The zero-order valence-corrected chi connectivity index (χ0v) is 19.5. The minimum absolute atomic E-state index is 0.0541. The first-order valence-corrected chi connectivity index (χ1v) is 11.4. The molecular weight excluding hydrogens is 442 g/mol. The van der Waals surface area contributed by atoms with Gasteiger partial charge in [0, 0.05) is 29.2 Å². The SMILES string of the molecule is CN(C)Cc1cc(-c2nc3ccccc3s2)ccc1OCC(=O)NCc1cccc(Cl)c1. The van der Waals surface area contributed by atoms with E-state index in [4.69, 9.17) is 21.3 Å². The number of fused-ring (bicyclic) bond motifs is 1. The van der Waals surface area contributed by atoms with Gasteiger partial charge < -0.3 is 15.0 Å². The second-order valence-corrected chi connectivity index (χ2v) is 9.21. The van der Waals surface area contributed by atoms with Crippen LogP contribution in [-0.2, 0) is 17.9 Å². The van der Waals surface area contributed by atoms with Crippen molar-refractivity contribution < 1.29 is 9.53 Å². The maximum Gasteiger partial charge on any atom is 0.258 e. The van der Waals surface area contributed by atoms with Gasteiger partial charge >= 0.3 is 0 Å². The fraction of sp³-hybridized carbons (Fsp3) is 0.200. The van der Waals surface area contributed by atoms with Crippen LogP contribution in [0, 0.1) is 0 Å². The zero-order valence-electron chi connectivity index (χ0n) is 18.0. The summed E-state index contributed by atoms with van der Waals surface area (Å²) in [4.78, 5) is 19.1. The lowest BCUT2D eigenvalue weighted by atomic mass is 10.1. The summed E-state index contributed by atoms with van der Waals surface area (Å²) in [5.74, 6) is 0.512. The maximum atomic E-state index is 12.3. The van der Waals surface area contributed by atoms with Crippen LogP contribution in [0.15, 0.2) is 66.7 Å². The molecule has 0 spiro atoms. The molecule has 0 saturated heterocycles. The Balaban J connectivity index is 1.46. The zero-order chi connectivity index (χ0) is 22.5. The van der Waals surface area contributed by atoms with Gasteiger partial charge in [-0.1, -0.05) is 35.9 Å². The highest BCUT2D eigenvalue weighted by Gasteiger charge is 2.12. The smallest absolute Gasteiger partial charge is 0.258 e. The predicted molar refractivity (Wildman–Crippen MR) is 131 cm³/mol. The van der Waals surface area contributed by atoms with E-state index in [1.165, 1.54) is 0 Å². The molecular formula is C25H24ClN3O2S. The number of hydrogen-bond donors (Lipinski definition) is 1. The molecule has 0 fully saturated rings. The van der Waals surface area contributed by atoms with Gasteiger partial charge in [-0.25, -0.2) is 4.98 Å². The number of amides is 1. The van der Waals surface area contributed by atoms with Crippen molar-refractivity contribution in [2.45, 2.75) is 13.1 Å². The van der Waals surface area contributed by atoms with Crippen molar-refractivity contribution in [3.8, 4) is 16.3 Å². The van der Waals surface area contributed by atoms with E-state index in [9.17, 15) is 4.79 Å². The summed E-state index contributed by atoms with van der Waals surface area (Å²) in [6.45, 7) is 1.05. The van der Waals surface area contributed by atoms with Crippen LogP contribution < -0.4 is 10.1 Å². The molecule has 32 heavy (non-hydrogen) atoms. The Morgan fingerprint density at radius 3 is 2.72 bits per heavy atom. The number of benzene rings is 3. The van der Waals surface area contributed by atoms with Crippen molar-refractivity contribution in [2.24, 2.45) is 0 Å². The molecule has 164 valence electrons. The summed E-state index contributed by atoms with van der Waals surface area (Å²) in [5.41, 5.74) is 3.99. The van der Waals surface area contributed by atoms with Gasteiger partial charge in [-0.2, -0.15) is 0 Å². The number of carbonyl (C=O) groups excluding carboxylic acids is 1. The van der Waals surface area contributed by atoms with E-state index in [1.807, 2.05) is 62.6 Å². The lowest BCUT2D eigenvalue weighted by molar-refractivity contribution is -0.123. The molecule has 4 aromatic rings. The molecule has 0 unspecified atom stereocenters. The molecule has 1 heterocycles. The normalized spacial score (nSPS) is 11.1. The van der Waals surface area contributed by atoms with E-state index in [2.05, 4.69) is 22.3 Å². The van der Waals surface area contributed by atoms with Gasteiger partial charge in [-0.3, -0.25) is 4.79 Å². The van der Waals surface area contributed by atoms with E-state index in [0.717, 1.165) is 31.9 Å². The number of aromatic nitrogens is 1. The standard InChI is InChI=1S/C25H24ClN3O2S/c1-29(2)15-19-13-18(25-28-21-8-3-4-9-23(21)32-25)10-11-22(19)31-16-24(30)27-14-17-6-5-7-20(26)12-17/h3-13H,14-16H2,1-2H3,(H,27,30). The summed E-state index contributed by atoms with van der Waals surface area (Å²) < 4.78 is 7.04. The van der Waals surface area contributed by atoms with E-state index >= 15 is 0 Å². The first-order valence-electron chi connectivity index (χ1n) is 10.3. The van der Waals surface area contributed by atoms with E-state index in [-0.39, 0.29) is 12.5 Å². The van der Waals surface area contributed by atoms with Crippen LogP contribution in [0.3, 0.4) is 0 Å². The number of ether oxygens (including phenoxy) is 1. The summed E-state index contributed by atoms with van der Waals surface area (Å²) in [6.07, 6.45) is 0. The summed E-state index contributed by atoms with van der Waals surface area (Å²) in [5, 5.41) is 4.48.